The Balaban J connectivity index is 0.894. The third kappa shape index (κ3) is 4.81. The van der Waals surface area contributed by atoms with E-state index in [1.807, 2.05) is 72.8 Å². The SMILES string of the molecule is O=S1(=O)c2ccccc2C2(c3ccccc3-c3ccccc32)c2ccc3c(c21)c1ccccc1n3-c1ccc(-n2c3ccccc3c3c4c(ccc32)C2(c3ccccc3-c3ccccc32)c2ccccc2S4(=O)=O)cc1. The highest BCUT2D eigenvalue weighted by Gasteiger charge is 2.56. The van der Waals surface area contributed by atoms with E-state index in [1.54, 1.807) is 12.1 Å². The summed E-state index contributed by atoms with van der Waals surface area (Å²) >= 11 is 0. The van der Waals surface area contributed by atoms with Gasteiger partial charge in [-0.1, -0.05) is 182 Å². The molecule has 6 nitrogen and oxygen atoms in total. The minimum atomic E-state index is -4.06. The topological polar surface area (TPSA) is 78.1 Å². The summed E-state index contributed by atoms with van der Waals surface area (Å²) in [5, 5.41) is 3.06. The van der Waals surface area contributed by atoms with Crippen molar-refractivity contribution >= 4 is 63.3 Å². The second-order valence-corrected chi connectivity index (χ2v) is 24.3. The van der Waals surface area contributed by atoms with Gasteiger partial charge in [0.1, 0.15) is 0 Å². The maximum atomic E-state index is 15.6. The molecule has 0 bridgehead atoms. The van der Waals surface area contributed by atoms with Crippen molar-refractivity contribution in [2.24, 2.45) is 0 Å². The Labute approximate surface area is 437 Å². The Morgan fingerprint density at radius 3 is 0.934 bits per heavy atom. The summed E-state index contributed by atoms with van der Waals surface area (Å²) in [5.41, 5.74) is 15.0. The lowest BCUT2D eigenvalue weighted by atomic mass is 9.67. The van der Waals surface area contributed by atoms with Crippen LogP contribution in [0.4, 0.5) is 0 Å². The van der Waals surface area contributed by atoms with Gasteiger partial charge in [0.2, 0.25) is 19.7 Å². The highest BCUT2D eigenvalue weighted by molar-refractivity contribution is 7.92. The molecule has 0 atom stereocenters. The van der Waals surface area contributed by atoms with Crippen molar-refractivity contribution in [1.82, 2.24) is 9.13 Å². The summed E-state index contributed by atoms with van der Waals surface area (Å²) in [5.74, 6) is 0. The fourth-order valence-corrected chi connectivity index (χ4v) is 18.6. The normalized spacial score (nSPS) is 16.0. The monoisotopic (exact) mass is 1010 g/mol. The number of hydrogen-bond donors (Lipinski definition) is 0. The number of benzene rings is 11. The van der Waals surface area contributed by atoms with E-state index in [1.165, 1.54) is 0 Å². The van der Waals surface area contributed by atoms with Crippen LogP contribution in [0.2, 0.25) is 0 Å². The molecular weight excluding hydrogens is 973 g/mol. The largest absolute Gasteiger partial charge is 0.309 e. The quantitative estimate of drug-likeness (QED) is 0.173. The molecule has 17 rings (SSSR count). The molecule has 8 heteroatoms. The predicted molar refractivity (Wildman–Crippen MR) is 301 cm³/mol. The van der Waals surface area contributed by atoms with Crippen LogP contribution in [0.5, 0.6) is 0 Å². The third-order valence-electron chi connectivity index (χ3n) is 17.4. The van der Waals surface area contributed by atoms with Gasteiger partial charge < -0.3 is 9.13 Å². The van der Waals surface area contributed by atoms with Gasteiger partial charge in [-0.05, 0) is 127 Å². The lowest BCUT2D eigenvalue weighted by Crippen LogP contribution is -2.36. The van der Waals surface area contributed by atoms with Gasteiger partial charge >= 0.3 is 0 Å². The van der Waals surface area contributed by atoms with Crippen LogP contribution in [-0.4, -0.2) is 26.0 Å². The minimum absolute atomic E-state index is 0.320. The van der Waals surface area contributed by atoms with E-state index < -0.39 is 30.5 Å². The molecule has 0 radical (unpaired) electrons. The van der Waals surface area contributed by atoms with E-state index in [-0.39, 0.29) is 0 Å². The summed E-state index contributed by atoms with van der Waals surface area (Å²) in [6.45, 7) is 0. The number of nitrogens with zero attached hydrogens (tertiary/aromatic N) is 2. The average Bonchev–Trinajstić information content (AvgIpc) is 4.22. The Morgan fingerprint density at radius 2 is 0.566 bits per heavy atom. The maximum absolute atomic E-state index is 15.6. The zero-order valence-corrected chi connectivity index (χ0v) is 42.1. The van der Waals surface area contributed by atoms with Gasteiger partial charge in [0.15, 0.2) is 0 Å². The lowest BCUT2D eigenvalue weighted by Gasteiger charge is -2.39. The van der Waals surface area contributed by atoms with Crippen molar-refractivity contribution in [3.05, 3.63) is 287 Å². The zero-order chi connectivity index (χ0) is 50.5. The Hall–Kier alpha value is -9.08. The molecule has 13 aromatic rings. The molecule has 2 aliphatic heterocycles. The van der Waals surface area contributed by atoms with Gasteiger partial charge in [0.05, 0.1) is 52.5 Å². The number of para-hydroxylation sites is 2. The van der Waals surface area contributed by atoms with Crippen LogP contribution < -0.4 is 0 Å². The fourth-order valence-electron chi connectivity index (χ4n) is 14.7. The molecule has 0 fully saturated rings. The number of sulfone groups is 2. The van der Waals surface area contributed by atoms with Crippen LogP contribution in [0.25, 0.3) is 77.2 Å². The Kier molecular flexibility index (Phi) is 8.01. The van der Waals surface area contributed by atoms with Crippen LogP contribution >= 0.6 is 0 Å². The first-order valence-corrected chi connectivity index (χ1v) is 28.6. The van der Waals surface area contributed by atoms with Crippen LogP contribution in [0.1, 0.15) is 44.5 Å². The van der Waals surface area contributed by atoms with Crippen molar-refractivity contribution in [2.45, 2.75) is 30.4 Å². The molecule has 4 heterocycles. The van der Waals surface area contributed by atoms with Crippen molar-refractivity contribution in [1.29, 1.82) is 0 Å². The summed E-state index contributed by atoms with van der Waals surface area (Å²) in [6.07, 6.45) is 0. The highest BCUT2D eigenvalue weighted by atomic mass is 32.2. The van der Waals surface area contributed by atoms with Gasteiger partial charge in [-0.25, -0.2) is 16.8 Å². The van der Waals surface area contributed by atoms with Gasteiger partial charge in [-0.2, -0.15) is 0 Å². The number of rotatable bonds is 2. The van der Waals surface area contributed by atoms with E-state index in [2.05, 4.69) is 167 Å². The van der Waals surface area contributed by atoms with Gasteiger partial charge in [0.25, 0.3) is 0 Å². The zero-order valence-electron chi connectivity index (χ0n) is 40.4. The van der Waals surface area contributed by atoms with E-state index in [0.717, 1.165) is 111 Å². The van der Waals surface area contributed by atoms with E-state index in [0.29, 0.717) is 30.4 Å². The molecule has 0 unspecified atom stereocenters. The summed E-state index contributed by atoms with van der Waals surface area (Å²) < 4.78 is 66.7. The van der Waals surface area contributed by atoms with E-state index in [4.69, 9.17) is 0 Å². The van der Waals surface area contributed by atoms with Crippen molar-refractivity contribution < 1.29 is 16.8 Å². The molecule has 358 valence electrons. The molecule has 0 saturated carbocycles. The van der Waals surface area contributed by atoms with Crippen LogP contribution in [0, 0.1) is 0 Å². The van der Waals surface area contributed by atoms with Gasteiger partial charge in [-0.15, -0.1) is 0 Å². The molecular formula is C68H40N2O4S2. The second kappa shape index (κ2) is 14.4. The molecule has 0 amide bonds. The first-order valence-electron chi connectivity index (χ1n) is 25.6. The highest BCUT2D eigenvalue weighted by Crippen LogP contribution is 2.64. The second-order valence-electron chi connectivity index (χ2n) is 20.6. The molecule has 2 aromatic heterocycles. The van der Waals surface area contributed by atoms with Crippen molar-refractivity contribution in [2.75, 3.05) is 0 Å². The summed E-state index contributed by atoms with van der Waals surface area (Å²) in [6, 6.07) is 81.8. The molecule has 2 aliphatic carbocycles. The summed E-state index contributed by atoms with van der Waals surface area (Å²) in [4.78, 5) is 1.30. The molecule has 76 heavy (non-hydrogen) atoms. The molecule has 11 aromatic carbocycles. The first-order chi connectivity index (χ1) is 37.3. The molecule has 2 spiro atoms. The predicted octanol–water partition coefficient (Wildman–Crippen LogP) is 14.9. The first kappa shape index (κ1) is 42.3. The third-order valence-corrected chi connectivity index (χ3v) is 21.2. The van der Waals surface area contributed by atoms with Crippen LogP contribution in [0.3, 0.4) is 0 Å². The average molecular weight is 1010 g/mol. The number of hydrogen-bond acceptors (Lipinski definition) is 4. The Bertz CT molecular complexity index is 4640. The number of aromatic nitrogens is 2. The van der Waals surface area contributed by atoms with Crippen LogP contribution in [0.15, 0.2) is 262 Å². The molecule has 0 N–H and O–H groups in total. The lowest BCUT2D eigenvalue weighted by molar-refractivity contribution is 0.580. The van der Waals surface area contributed by atoms with Crippen molar-refractivity contribution in [3.63, 3.8) is 0 Å². The number of fused-ring (bicyclic) bond motifs is 26. The van der Waals surface area contributed by atoms with Gasteiger partial charge in [-0.3, -0.25) is 0 Å². The minimum Gasteiger partial charge on any atom is -0.309 e. The van der Waals surface area contributed by atoms with E-state index >= 15 is 16.8 Å². The maximum Gasteiger partial charge on any atom is 0.207 e. The summed E-state index contributed by atoms with van der Waals surface area (Å²) in [7, 11) is -8.13. The van der Waals surface area contributed by atoms with E-state index in [9.17, 15) is 0 Å². The molecule has 0 saturated heterocycles. The fraction of sp³-hybridized carbons (Fsp3) is 0.0294. The van der Waals surface area contributed by atoms with Gasteiger partial charge in [0, 0.05) is 32.9 Å². The smallest absolute Gasteiger partial charge is 0.207 e. The standard InChI is InChI=1S/C68H40N2O4S2/c71-75(72)61-31-15-11-27-53(61)67(49-23-7-1-17-43(49)44-18-2-8-24-50(44)67)55-37-39-59-63(65(55)75)47-21-5-13-29-57(47)69(59)41-33-35-42(36-34-41)70-58-30-14-6-22-48(58)64-60(70)40-38-56-66(64)76(73,74)62-32-16-12-28-54(62)68(56)51-25-9-3-19-45(51)46-20-4-10-26-52(46)68/h1-40H. The Morgan fingerprint density at radius 1 is 0.263 bits per heavy atom. The molecule has 4 aliphatic rings. The van der Waals surface area contributed by atoms with Crippen molar-refractivity contribution in [3.8, 4) is 33.6 Å². The van der Waals surface area contributed by atoms with Crippen LogP contribution in [-0.2, 0) is 30.5 Å².